The Kier molecular flexibility index (Phi) is 7.84. The molecule has 0 spiro atoms. The normalized spacial score (nSPS) is 20.2. The number of benzene rings is 1. The standard InChI is InChI=1S/C19H22FN3O6/c1-27-17(25)9-16(19(26)28-2)29-22-18(21)14-8-13(20)10-23(14)11-15(24)12-6-4-3-5-7-12/h3-7,9,13-14H,8,10-11H2,1-2H3,(H2,21,22)/t13-,14-/m0/s1. The maximum Gasteiger partial charge on any atom is 0.377 e. The van der Waals surface area contributed by atoms with E-state index in [1.807, 2.05) is 0 Å². The minimum Gasteiger partial charge on any atom is -0.466 e. The number of esters is 2. The highest BCUT2D eigenvalue weighted by atomic mass is 19.1. The second-order valence-corrected chi connectivity index (χ2v) is 6.20. The van der Waals surface area contributed by atoms with Gasteiger partial charge in [0.2, 0.25) is 5.76 Å². The van der Waals surface area contributed by atoms with Crippen molar-refractivity contribution in [2.24, 2.45) is 10.9 Å². The van der Waals surface area contributed by atoms with Crippen molar-refractivity contribution in [3.8, 4) is 0 Å². The molecule has 1 fully saturated rings. The van der Waals surface area contributed by atoms with Crippen LogP contribution in [-0.2, 0) is 23.9 Å². The lowest BCUT2D eigenvalue weighted by Crippen LogP contribution is -2.43. The molecule has 1 aliphatic heterocycles. The molecule has 0 bridgehead atoms. The molecule has 2 rings (SSSR count). The van der Waals surface area contributed by atoms with Gasteiger partial charge >= 0.3 is 11.9 Å². The topological polar surface area (TPSA) is 121 Å². The number of ether oxygens (including phenoxy) is 2. The number of hydrogen-bond acceptors (Lipinski definition) is 8. The van der Waals surface area contributed by atoms with Crippen molar-refractivity contribution in [1.82, 2.24) is 4.90 Å². The van der Waals surface area contributed by atoms with Crippen LogP contribution in [-0.4, -0.2) is 68.0 Å². The van der Waals surface area contributed by atoms with Crippen LogP contribution in [0.2, 0.25) is 0 Å². The number of alkyl halides is 1. The maximum atomic E-state index is 14.0. The van der Waals surface area contributed by atoms with Gasteiger partial charge in [-0.25, -0.2) is 14.0 Å². The summed E-state index contributed by atoms with van der Waals surface area (Å²) < 4.78 is 22.9. The molecule has 0 amide bonds. The minimum atomic E-state index is -1.21. The van der Waals surface area contributed by atoms with E-state index in [9.17, 15) is 18.8 Å². The number of ketones is 1. The second kappa shape index (κ2) is 10.3. The summed E-state index contributed by atoms with van der Waals surface area (Å²) in [5, 5.41) is 3.63. The van der Waals surface area contributed by atoms with Gasteiger partial charge in [0.1, 0.15) is 6.17 Å². The average molecular weight is 407 g/mol. The highest BCUT2D eigenvalue weighted by Crippen LogP contribution is 2.21. The Labute approximate surface area is 166 Å². The Bertz CT molecular complexity index is 811. The van der Waals surface area contributed by atoms with Crippen LogP contribution in [0.1, 0.15) is 16.8 Å². The Morgan fingerprint density at radius 3 is 2.55 bits per heavy atom. The molecule has 1 aliphatic rings. The third kappa shape index (κ3) is 6.11. The lowest BCUT2D eigenvalue weighted by atomic mass is 10.1. The Balaban J connectivity index is 2.12. The summed E-state index contributed by atoms with van der Waals surface area (Å²) in [7, 11) is 2.21. The van der Waals surface area contributed by atoms with Gasteiger partial charge in [-0.15, -0.1) is 0 Å². The van der Waals surface area contributed by atoms with Gasteiger partial charge in [-0.3, -0.25) is 9.69 Å². The minimum absolute atomic E-state index is 0.00131. The fourth-order valence-electron chi connectivity index (χ4n) is 2.78. The Morgan fingerprint density at radius 1 is 1.24 bits per heavy atom. The van der Waals surface area contributed by atoms with E-state index < -0.39 is 29.9 Å². The van der Waals surface area contributed by atoms with Crippen molar-refractivity contribution in [3.05, 3.63) is 47.7 Å². The van der Waals surface area contributed by atoms with Crippen LogP contribution in [0.15, 0.2) is 47.3 Å². The number of likely N-dealkylation sites (tertiary alicyclic amines) is 1. The number of hydrogen-bond donors (Lipinski definition) is 1. The molecular formula is C19H22FN3O6. The predicted octanol–water partition coefficient (Wildman–Crippen LogP) is 0.800. The van der Waals surface area contributed by atoms with Crippen LogP contribution in [0.25, 0.3) is 0 Å². The number of nitrogens with zero attached hydrogens (tertiary/aromatic N) is 2. The van der Waals surface area contributed by atoms with Crippen LogP contribution >= 0.6 is 0 Å². The molecule has 1 saturated heterocycles. The molecule has 0 unspecified atom stereocenters. The zero-order chi connectivity index (χ0) is 21.4. The number of halogens is 1. The lowest BCUT2D eigenvalue weighted by molar-refractivity contribution is -0.142. The first-order chi connectivity index (χ1) is 13.8. The van der Waals surface area contributed by atoms with Crippen molar-refractivity contribution in [2.75, 3.05) is 27.3 Å². The summed E-state index contributed by atoms with van der Waals surface area (Å²) in [6, 6.07) is 7.88. The summed E-state index contributed by atoms with van der Waals surface area (Å²) >= 11 is 0. The first kappa shape index (κ1) is 22.0. The molecule has 1 aromatic carbocycles. The van der Waals surface area contributed by atoms with Gasteiger partial charge in [-0.05, 0) is 0 Å². The summed E-state index contributed by atoms with van der Waals surface area (Å²) in [5.41, 5.74) is 6.40. The van der Waals surface area contributed by atoms with E-state index in [2.05, 4.69) is 14.6 Å². The summed E-state index contributed by atoms with van der Waals surface area (Å²) in [6.45, 7) is -0.0610. The molecule has 0 aliphatic carbocycles. The lowest BCUT2D eigenvalue weighted by Gasteiger charge is -2.22. The zero-order valence-corrected chi connectivity index (χ0v) is 16.0. The third-order valence-corrected chi connectivity index (χ3v) is 4.22. The molecule has 10 heteroatoms. The smallest absolute Gasteiger partial charge is 0.377 e. The van der Waals surface area contributed by atoms with Gasteiger partial charge in [-0.1, -0.05) is 35.5 Å². The zero-order valence-electron chi connectivity index (χ0n) is 16.0. The van der Waals surface area contributed by atoms with Crippen molar-refractivity contribution in [2.45, 2.75) is 18.6 Å². The average Bonchev–Trinajstić information content (AvgIpc) is 3.10. The molecule has 0 radical (unpaired) electrons. The molecule has 0 aromatic heterocycles. The molecule has 1 aromatic rings. The van der Waals surface area contributed by atoms with Crippen molar-refractivity contribution >= 4 is 23.6 Å². The summed E-state index contributed by atoms with van der Waals surface area (Å²) in [4.78, 5) is 41.9. The quantitative estimate of drug-likeness (QED) is 0.128. The number of nitrogens with two attached hydrogens (primary N) is 1. The first-order valence-electron chi connectivity index (χ1n) is 8.70. The van der Waals surface area contributed by atoms with Gasteiger partial charge < -0.3 is 20.0 Å². The molecule has 0 saturated carbocycles. The van der Waals surface area contributed by atoms with Gasteiger partial charge in [0, 0.05) is 18.5 Å². The monoisotopic (exact) mass is 407 g/mol. The van der Waals surface area contributed by atoms with Crippen molar-refractivity contribution in [3.63, 3.8) is 0 Å². The van der Waals surface area contributed by atoms with E-state index in [1.54, 1.807) is 35.2 Å². The van der Waals surface area contributed by atoms with E-state index >= 15 is 0 Å². The number of methoxy groups -OCH3 is 2. The molecule has 2 atom stereocenters. The van der Waals surface area contributed by atoms with Crippen LogP contribution in [0.3, 0.4) is 0 Å². The fourth-order valence-corrected chi connectivity index (χ4v) is 2.78. The third-order valence-electron chi connectivity index (χ3n) is 4.22. The van der Waals surface area contributed by atoms with Gasteiger partial charge in [0.15, 0.2) is 11.6 Å². The van der Waals surface area contributed by atoms with Crippen molar-refractivity contribution in [1.29, 1.82) is 0 Å². The molecule has 1 heterocycles. The van der Waals surface area contributed by atoms with E-state index in [4.69, 9.17) is 10.6 Å². The summed E-state index contributed by atoms with van der Waals surface area (Å²) in [6.07, 6.45) is -0.455. The first-order valence-corrected chi connectivity index (χ1v) is 8.70. The van der Waals surface area contributed by atoms with Crippen LogP contribution in [0.5, 0.6) is 0 Å². The number of amidine groups is 1. The number of Topliss-reactive ketones (excluding diaryl/α,β-unsaturated/α-hetero) is 1. The van der Waals surface area contributed by atoms with E-state index in [0.717, 1.165) is 20.3 Å². The molecular weight excluding hydrogens is 385 g/mol. The largest absolute Gasteiger partial charge is 0.466 e. The number of oxime groups is 1. The van der Waals surface area contributed by atoms with E-state index in [1.165, 1.54) is 0 Å². The van der Waals surface area contributed by atoms with Gasteiger partial charge in [0.05, 0.1) is 32.9 Å². The number of rotatable bonds is 8. The SMILES string of the molecule is COC(=O)C=C(O/N=C(\N)[C@@H]1C[C@H](F)CN1CC(=O)c1ccccc1)C(=O)OC. The second-order valence-electron chi connectivity index (χ2n) is 6.20. The van der Waals surface area contributed by atoms with Crippen LogP contribution in [0.4, 0.5) is 4.39 Å². The Hall–Kier alpha value is -3.27. The number of carbonyl (C=O) groups excluding carboxylic acids is 3. The highest BCUT2D eigenvalue weighted by Gasteiger charge is 2.36. The van der Waals surface area contributed by atoms with Crippen molar-refractivity contribution < 1.29 is 33.1 Å². The molecule has 156 valence electrons. The maximum absolute atomic E-state index is 14.0. The Morgan fingerprint density at radius 2 is 1.93 bits per heavy atom. The van der Waals surface area contributed by atoms with Gasteiger partial charge in [-0.2, -0.15) is 0 Å². The predicted molar refractivity (Wildman–Crippen MR) is 100 cm³/mol. The van der Waals surface area contributed by atoms with E-state index in [-0.39, 0.29) is 31.1 Å². The molecule has 29 heavy (non-hydrogen) atoms. The van der Waals surface area contributed by atoms with Gasteiger partial charge in [0.25, 0.3) is 0 Å². The van der Waals surface area contributed by atoms with E-state index in [0.29, 0.717) is 5.56 Å². The number of carbonyl (C=O) groups is 3. The molecule has 9 nitrogen and oxygen atoms in total. The highest BCUT2D eigenvalue weighted by molar-refractivity contribution is 5.98. The van der Waals surface area contributed by atoms with Crippen LogP contribution < -0.4 is 5.73 Å². The van der Waals surface area contributed by atoms with Crippen LogP contribution in [0, 0.1) is 0 Å². The molecule has 2 N–H and O–H groups in total. The summed E-state index contributed by atoms with van der Waals surface area (Å²) in [5.74, 6) is -2.73. The fraction of sp³-hybridized carbons (Fsp3) is 0.368.